The van der Waals surface area contributed by atoms with Gasteiger partial charge in [-0.1, -0.05) is 36.4 Å². The SMILES string of the molecule is COc1c(N)cccc1C(=O)OCCCc1ccccc1. The first-order valence-electron chi connectivity index (χ1n) is 6.86. The van der Waals surface area contributed by atoms with Gasteiger partial charge < -0.3 is 15.2 Å². The van der Waals surface area contributed by atoms with Crippen molar-refractivity contribution in [3.05, 3.63) is 59.7 Å². The molecular formula is C17H19NO3. The summed E-state index contributed by atoms with van der Waals surface area (Å²) in [6.45, 7) is 0.367. The molecule has 0 aromatic heterocycles. The number of methoxy groups -OCH3 is 1. The third-order valence-electron chi connectivity index (χ3n) is 3.16. The normalized spacial score (nSPS) is 10.1. The van der Waals surface area contributed by atoms with Gasteiger partial charge in [0.25, 0.3) is 0 Å². The van der Waals surface area contributed by atoms with Crippen LogP contribution >= 0.6 is 0 Å². The summed E-state index contributed by atoms with van der Waals surface area (Å²) in [6, 6.07) is 15.1. The molecule has 4 heteroatoms. The van der Waals surface area contributed by atoms with Crippen molar-refractivity contribution < 1.29 is 14.3 Å². The number of carbonyl (C=O) groups excluding carboxylic acids is 1. The molecule has 0 heterocycles. The number of rotatable bonds is 6. The van der Waals surface area contributed by atoms with E-state index < -0.39 is 5.97 Å². The van der Waals surface area contributed by atoms with E-state index in [-0.39, 0.29) is 0 Å². The smallest absolute Gasteiger partial charge is 0.342 e. The van der Waals surface area contributed by atoms with Crippen molar-refractivity contribution >= 4 is 11.7 Å². The Morgan fingerprint density at radius 2 is 1.86 bits per heavy atom. The number of esters is 1. The van der Waals surface area contributed by atoms with E-state index in [9.17, 15) is 4.79 Å². The van der Waals surface area contributed by atoms with Crippen LogP contribution in [0.25, 0.3) is 0 Å². The van der Waals surface area contributed by atoms with Crippen molar-refractivity contribution in [2.75, 3.05) is 19.5 Å². The molecule has 2 rings (SSSR count). The average molecular weight is 285 g/mol. The van der Waals surface area contributed by atoms with Crippen LogP contribution in [0.2, 0.25) is 0 Å². The number of anilines is 1. The molecule has 0 aliphatic carbocycles. The van der Waals surface area contributed by atoms with E-state index >= 15 is 0 Å². The van der Waals surface area contributed by atoms with Gasteiger partial charge >= 0.3 is 5.97 Å². The highest BCUT2D eigenvalue weighted by Crippen LogP contribution is 2.26. The summed E-state index contributed by atoms with van der Waals surface area (Å²) in [5.41, 5.74) is 7.78. The molecule has 2 aromatic carbocycles. The Balaban J connectivity index is 1.86. The van der Waals surface area contributed by atoms with E-state index in [0.717, 1.165) is 12.8 Å². The lowest BCUT2D eigenvalue weighted by atomic mass is 10.1. The van der Waals surface area contributed by atoms with Gasteiger partial charge in [0.2, 0.25) is 0 Å². The molecular weight excluding hydrogens is 266 g/mol. The van der Waals surface area contributed by atoms with Crippen LogP contribution in [0.4, 0.5) is 5.69 Å². The molecule has 0 atom stereocenters. The van der Waals surface area contributed by atoms with Crippen molar-refractivity contribution in [2.45, 2.75) is 12.8 Å². The molecule has 0 aliphatic rings. The monoisotopic (exact) mass is 285 g/mol. The van der Waals surface area contributed by atoms with Gasteiger partial charge in [0.05, 0.1) is 19.4 Å². The van der Waals surface area contributed by atoms with Gasteiger partial charge in [0, 0.05) is 0 Å². The quantitative estimate of drug-likeness (QED) is 0.503. The molecule has 0 saturated carbocycles. The first-order chi connectivity index (χ1) is 10.2. The maximum Gasteiger partial charge on any atom is 0.342 e. The van der Waals surface area contributed by atoms with Crippen molar-refractivity contribution in [2.24, 2.45) is 0 Å². The lowest BCUT2D eigenvalue weighted by Gasteiger charge is -2.10. The first-order valence-corrected chi connectivity index (χ1v) is 6.86. The van der Waals surface area contributed by atoms with Gasteiger partial charge in [-0.05, 0) is 30.5 Å². The lowest BCUT2D eigenvalue weighted by molar-refractivity contribution is 0.0497. The molecule has 0 spiro atoms. The summed E-state index contributed by atoms with van der Waals surface area (Å²) in [5, 5.41) is 0. The van der Waals surface area contributed by atoms with Gasteiger partial charge in [-0.25, -0.2) is 4.79 Å². The maximum atomic E-state index is 12.0. The summed E-state index contributed by atoms with van der Waals surface area (Å²) in [4.78, 5) is 12.0. The lowest BCUT2D eigenvalue weighted by Crippen LogP contribution is -2.09. The minimum absolute atomic E-state index is 0.359. The zero-order valence-electron chi connectivity index (χ0n) is 12.0. The van der Waals surface area contributed by atoms with Crippen LogP contribution in [0.1, 0.15) is 22.3 Å². The van der Waals surface area contributed by atoms with E-state index in [2.05, 4.69) is 12.1 Å². The Labute approximate surface area is 124 Å². The Kier molecular flexibility index (Phi) is 5.21. The highest BCUT2D eigenvalue weighted by molar-refractivity contribution is 5.94. The number of carbonyl (C=O) groups is 1. The fourth-order valence-electron chi connectivity index (χ4n) is 2.11. The minimum atomic E-state index is -0.410. The second kappa shape index (κ2) is 7.33. The third-order valence-corrected chi connectivity index (χ3v) is 3.16. The Bertz CT molecular complexity index is 596. The van der Waals surface area contributed by atoms with Gasteiger partial charge in [-0.15, -0.1) is 0 Å². The molecule has 110 valence electrons. The van der Waals surface area contributed by atoms with E-state index in [1.807, 2.05) is 18.2 Å². The van der Waals surface area contributed by atoms with Gasteiger partial charge in [0.1, 0.15) is 5.56 Å². The number of hydrogen-bond donors (Lipinski definition) is 1. The summed E-state index contributed by atoms with van der Waals surface area (Å²) >= 11 is 0. The van der Waals surface area contributed by atoms with E-state index in [1.165, 1.54) is 12.7 Å². The molecule has 0 fully saturated rings. The summed E-state index contributed by atoms with van der Waals surface area (Å²) in [5.74, 6) is -0.0437. The van der Waals surface area contributed by atoms with Crippen LogP contribution in [-0.4, -0.2) is 19.7 Å². The second-order valence-electron chi connectivity index (χ2n) is 4.65. The Morgan fingerprint density at radius 1 is 1.10 bits per heavy atom. The van der Waals surface area contributed by atoms with Crippen LogP contribution in [0, 0.1) is 0 Å². The Morgan fingerprint density at radius 3 is 2.57 bits per heavy atom. The molecule has 0 saturated heterocycles. The van der Waals surface area contributed by atoms with Crippen LogP contribution in [0.3, 0.4) is 0 Å². The number of hydrogen-bond acceptors (Lipinski definition) is 4. The standard InChI is InChI=1S/C17H19NO3/c1-20-16-14(10-5-11-15(16)18)17(19)21-12-6-9-13-7-3-2-4-8-13/h2-5,7-8,10-11H,6,9,12,18H2,1H3. The molecule has 21 heavy (non-hydrogen) atoms. The van der Waals surface area contributed by atoms with Crippen LogP contribution in [0.5, 0.6) is 5.75 Å². The molecule has 4 nitrogen and oxygen atoms in total. The highest BCUT2D eigenvalue weighted by atomic mass is 16.5. The van der Waals surface area contributed by atoms with Crippen molar-refractivity contribution in [1.82, 2.24) is 0 Å². The topological polar surface area (TPSA) is 61.5 Å². The molecule has 2 aromatic rings. The van der Waals surface area contributed by atoms with Crippen molar-refractivity contribution in [1.29, 1.82) is 0 Å². The number of benzene rings is 2. The largest absolute Gasteiger partial charge is 0.494 e. The number of nitrogens with two attached hydrogens (primary N) is 1. The average Bonchev–Trinajstić information content (AvgIpc) is 2.52. The zero-order chi connectivity index (χ0) is 15.1. The van der Waals surface area contributed by atoms with Crippen molar-refractivity contribution in [3.63, 3.8) is 0 Å². The molecule has 0 unspecified atom stereocenters. The fourth-order valence-corrected chi connectivity index (χ4v) is 2.11. The van der Waals surface area contributed by atoms with E-state index in [1.54, 1.807) is 18.2 Å². The summed E-state index contributed by atoms with van der Waals surface area (Å²) in [6.07, 6.45) is 1.66. The zero-order valence-corrected chi connectivity index (χ0v) is 12.0. The third kappa shape index (κ3) is 3.99. The molecule has 0 amide bonds. The van der Waals surface area contributed by atoms with Crippen LogP contribution in [0.15, 0.2) is 48.5 Å². The number of ether oxygens (including phenoxy) is 2. The van der Waals surface area contributed by atoms with Crippen molar-refractivity contribution in [3.8, 4) is 5.75 Å². The van der Waals surface area contributed by atoms with Crippen LogP contribution < -0.4 is 10.5 Å². The second-order valence-corrected chi connectivity index (χ2v) is 4.65. The number of nitrogen functional groups attached to an aromatic ring is 1. The van der Waals surface area contributed by atoms with Gasteiger partial charge in [-0.3, -0.25) is 0 Å². The maximum absolute atomic E-state index is 12.0. The predicted octanol–water partition coefficient (Wildman–Crippen LogP) is 3.07. The van der Waals surface area contributed by atoms with Gasteiger partial charge in [0.15, 0.2) is 5.75 Å². The van der Waals surface area contributed by atoms with E-state index in [0.29, 0.717) is 23.6 Å². The number of aryl methyl sites for hydroxylation is 1. The number of para-hydroxylation sites is 1. The molecule has 0 radical (unpaired) electrons. The Hall–Kier alpha value is -2.49. The van der Waals surface area contributed by atoms with Gasteiger partial charge in [-0.2, -0.15) is 0 Å². The van der Waals surface area contributed by atoms with E-state index in [4.69, 9.17) is 15.2 Å². The molecule has 2 N–H and O–H groups in total. The minimum Gasteiger partial charge on any atom is -0.494 e. The molecule has 0 aliphatic heterocycles. The highest BCUT2D eigenvalue weighted by Gasteiger charge is 2.15. The first kappa shape index (κ1) is 14.9. The molecule has 0 bridgehead atoms. The summed E-state index contributed by atoms with van der Waals surface area (Å²) < 4.78 is 10.4. The van der Waals surface area contributed by atoms with Crippen LogP contribution in [-0.2, 0) is 11.2 Å². The predicted molar refractivity (Wildman–Crippen MR) is 82.5 cm³/mol. The summed E-state index contributed by atoms with van der Waals surface area (Å²) in [7, 11) is 1.48. The fraction of sp³-hybridized carbons (Fsp3) is 0.235.